The molecule has 0 atom stereocenters. The van der Waals surface area contributed by atoms with Crippen LogP contribution in [-0.4, -0.2) is 33.9 Å². The van der Waals surface area contributed by atoms with Gasteiger partial charge in [0.2, 0.25) is 5.91 Å². The first-order chi connectivity index (χ1) is 15.8. The molecule has 1 aromatic carbocycles. The minimum absolute atomic E-state index is 0.348. The van der Waals surface area contributed by atoms with Crippen molar-refractivity contribution >= 4 is 40.4 Å². The van der Waals surface area contributed by atoms with Crippen LogP contribution in [0.3, 0.4) is 0 Å². The number of nitrogens with zero attached hydrogens (tertiary/aromatic N) is 3. The van der Waals surface area contributed by atoms with Crippen molar-refractivity contribution in [3.63, 3.8) is 0 Å². The van der Waals surface area contributed by atoms with Gasteiger partial charge in [0, 0.05) is 53.9 Å². The number of aromatic nitrogens is 2. The molecule has 1 amide bonds. The maximum atomic E-state index is 12.8. The van der Waals surface area contributed by atoms with Gasteiger partial charge < -0.3 is 15.6 Å². The number of alkyl halides is 3. The number of amides is 1. The van der Waals surface area contributed by atoms with E-state index < -0.39 is 18.6 Å². The fourth-order valence-electron chi connectivity index (χ4n) is 3.36. The Labute approximate surface area is 188 Å². The third kappa shape index (κ3) is 5.88. The number of pyridine rings is 1. The van der Waals surface area contributed by atoms with Crippen LogP contribution in [0.2, 0.25) is 0 Å². The van der Waals surface area contributed by atoms with E-state index in [0.717, 1.165) is 28.5 Å². The van der Waals surface area contributed by atoms with Gasteiger partial charge in [-0.25, -0.2) is 0 Å². The van der Waals surface area contributed by atoms with Gasteiger partial charge in [0.25, 0.3) is 0 Å². The minimum atomic E-state index is -4.34. The molecule has 170 valence electrons. The Bertz CT molecular complexity index is 1250. The van der Waals surface area contributed by atoms with Crippen LogP contribution in [0.25, 0.3) is 22.6 Å². The molecule has 0 saturated heterocycles. The summed E-state index contributed by atoms with van der Waals surface area (Å²) in [6, 6.07) is 8.57. The molecule has 2 heterocycles. The maximum Gasteiger partial charge on any atom is 0.406 e. The van der Waals surface area contributed by atoms with Gasteiger partial charge >= 0.3 is 6.18 Å². The van der Waals surface area contributed by atoms with E-state index in [2.05, 4.69) is 15.3 Å². The van der Waals surface area contributed by atoms with Crippen LogP contribution in [0.5, 0.6) is 0 Å². The topological polar surface area (TPSA) is 85.3 Å². The summed E-state index contributed by atoms with van der Waals surface area (Å²) in [5.41, 5.74) is 8.74. The Kier molecular flexibility index (Phi) is 6.30. The van der Waals surface area contributed by atoms with Crippen LogP contribution < -0.4 is 11.1 Å². The van der Waals surface area contributed by atoms with E-state index in [1.165, 1.54) is 24.5 Å². The number of halogens is 3. The highest BCUT2D eigenvalue weighted by molar-refractivity contribution is 6.11. The second kappa shape index (κ2) is 9.32. The molecule has 1 aliphatic rings. The molecule has 1 aliphatic carbocycles. The number of anilines is 1. The zero-order valence-corrected chi connectivity index (χ0v) is 17.6. The molecule has 0 spiro atoms. The minimum Gasteiger partial charge on any atom is -0.404 e. The number of fused-ring (bicyclic) bond motifs is 1. The van der Waals surface area contributed by atoms with E-state index in [0.29, 0.717) is 28.2 Å². The van der Waals surface area contributed by atoms with E-state index >= 15 is 0 Å². The van der Waals surface area contributed by atoms with Crippen molar-refractivity contribution in [2.24, 2.45) is 10.7 Å². The fraction of sp³-hybridized carbons (Fsp3) is 0.208. The second-order valence-electron chi connectivity index (χ2n) is 7.75. The van der Waals surface area contributed by atoms with Crippen LogP contribution in [0.1, 0.15) is 24.0 Å². The third-order valence-electron chi connectivity index (χ3n) is 5.12. The number of nitrogens with two attached hydrogens (primary N) is 1. The SMILES string of the molecule is NC=C(C=NC1CC1)c1ccncc1/C=C/C(=O)Nc1ccc2ccn(CC(F)(F)F)c2c1. The predicted molar refractivity (Wildman–Crippen MR) is 124 cm³/mol. The molecule has 1 fully saturated rings. The molecule has 0 radical (unpaired) electrons. The summed E-state index contributed by atoms with van der Waals surface area (Å²) in [6.45, 7) is -1.10. The van der Waals surface area contributed by atoms with E-state index in [9.17, 15) is 18.0 Å². The number of rotatable bonds is 7. The Morgan fingerprint density at radius 1 is 1.27 bits per heavy atom. The van der Waals surface area contributed by atoms with Crippen LogP contribution in [0.4, 0.5) is 18.9 Å². The zero-order valence-electron chi connectivity index (χ0n) is 17.6. The summed E-state index contributed by atoms with van der Waals surface area (Å²) in [6.07, 6.45) is 8.57. The maximum absolute atomic E-state index is 12.8. The molecule has 33 heavy (non-hydrogen) atoms. The van der Waals surface area contributed by atoms with E-state index in [4.69, 9.17) is 5.73 Å². The molecule has 2 aromatic heterocycles. The molecule has 0 aliphatic heterocycles. The monoisotopic (exact) mass is 453 g/mol. The molecule has 4 rings (SSSR count). The van der Waals surface area contributed by atoms with Gasteiger partial charge in [0.1, 0.15) is 6.54 Å². The van der Waals surface area contributed by atoms with Gasteiger partial charge in [-0.1, -0.05) is 6.07 Å². The van der Waals surface area contributed by atoms with E-state index in [-0.39, 0.29) is 0 Å². The number of allylic oxidation sites excluding steroid dienone is 1. The lowest BCUT2D eigenvalue weighted by Crippen LogP contribution is -2.16. The molecule has 0 unspecified atom stereocenters. The first-order valence-electron chi connectivity index (χ1n) is 10.4. The van der Waals surface area contributed by atoms with Gasteiger partial charge in [-0.2, -0.15) is 13.2 Å². The van der Waals surface area contributed by atoms with Gasteiger partial charge in [0.15, 0.2) is 0 Å². The Balaban J connectivity index is 1.50. The third-order valence-corrected chi connectivity index (χ3v) is 5.12. The lowest BCUT2D eigenvalue weighted by Gasteiger charge is -2.10. The van der Waals surface area contributed by atoms with Crippen molar-refractivity contribution in [2.45, 2.75) is 31.6 Å². The summed E-state index contributed by atoms with van der Waals surface area (Å²) in [7, 11) is 0. The normalized spacial score (nSPS) is 15.1. The van der Waals surface area contributed by atoms with Gasteiger partial charge in [0.05, 0.1) is 11.6 Å². The van der Waals surface area contributed by atoms with Crippen LogP contribution in [0, 0.1) is 0 Å². The smallest absolute Gasteiger partial charge is 0.404 e. The molecule has 3 aromatic rings. The van der Waals surface area contributed by atoms with Gasteiger partial charge in [-0.05, 0) is 54.1 Å². The number of nitrogens with one attached hydrogen (secondary N) is 1. The van der Waals surface area contributed by atoms with Crippen molar-refractivity contribution in [2.75, 3.05) is 5.32 Å². The van der Waals surface area contributed by atoms with Crippen molar-refractivity contribution < 1.29 is 18.0 Å². The molecular formula is C24H22F3N5O. The highest BCUT2D eigenvalue weighted by Crippen LogP contribution is 2.26. The summed E-state index contributed by atoms with van der Waals surface area (Å²) in [5, 5.41) is 3.34. The molecular weight excluding hydrogens is 431 g/mol. The molecule has 6 nitrogen and oxygen atoms in total. The summed E-state index contributed by atoms with van der Waals surface area (Å²) < 4.78 is 39.5. The lowest BCUT2D eigenvalue weighted by molar-refractivity contribution is -0.139. The largest absolute Gasteiger partial charge is 0.406 e. The van der Waals surface area contributed by atoms with Crippen molar-refractivity contribution in [3.05, 3.63) is 72.3 Å². The second-order valence-corrected chi connectivity index (χ2v) is 7.75. The van der Waals surface area contributed by atoms with Crippen LogP contribution in [-0.2, 0) is 11.3 Å². The number of hydrogen-bond donors (Lipinski definition) is 2. The van der Waals surface area contributed by atoms with Crippen LogP contribution in [0.15, 0.2) is 66.2 Å². The number of carbonyl (C=O) groups is 1. The fourth-order valence-corrected chi connectivity index (χ4v) is 3.36. The molecule has 9 heteroatoms. The molecule has 1 saturated carbocycles. The summed E-state index contributed by atoms with van der Waals surface area (Å²) in [4.78, 5) is 21.0. The van der Waals surface area contributed by atoms with Gasteiger partial charge in [-0.3, -0.25) is 14.8 Å². The standard InChI is InChI=1S/C24H22F3N5O/c25-24(26,27)15-32-10-8-16-1-3-20(11-22(16)32)31-23(33)6-2-17-13-29-9-7-21(17)18(12-28)14-30-19-4-5-19/h1-3,6-14,19H,4-5,15,28H2,(H,31,33)/b6-2+,18-12?,30-14?. The van der Waals surface area contributed by atoms with Crippen LogP contribution >= 0.6 is 0 Å². The van der Waals surface area contributed by atoms with E-state index in [1.54, 1.807) is 48.9 Å². The Morgan fingerprint density at radius 3 is 2.82 bits per heavy atom. The van der Waals surface area contributed by atoms with Crippen molar-refractivity contribution in [1.82, 2.24) is 9.55 Å². The van der Waals surface area contributed by atoms with E-state index in [1.807, 2.05) is 0 Å². The Morgan fingerprint density at radius 2 is 2.09 bits per heavy atom. The molecule has 3 N–H and O–H groups in total. The number of benzene rings is 1. The van der Waals surface area contributed by atoms with Gasteiger partial charge in [-0.15, -0.1) is 0 Å². The highest BCUT2D eigenvalue weighted by atomic mass is 19.4. The van der Waals surface area contributed by atoms with Crippen molar-refractivity contribution in [1.29, 1.82) is 0 Å². The average molecular weight is 453 g/mol. The zero-order chi connectivity index (χ0) is 23.4. The number of aliphatic imine (C=N–C) groups is 1. The average Bonchev–Trinajstić information content (AvgIpc) is 3.53. The molecule has 0 bridgehead atoms. The number of hydrogen-bond acceptors (Lipinski definition) is 4. The number of carbonyl (C=O) groups excluding carboxylic acids is 1. The first kappa shape index (κ1) is 22.3. The first-order valence-corrected chi connectivity index (χ1v) is 10.4. The lowest BCUT2D eigenvalue weighted by atomic mass is 10.0. The Hall–Kier alpha value is -3.88. The van der Waals surface area contributed by atoms with Crippen molar-refractivity contribution in [3.8, 4) is 0 Å². The summed E-state index contributed by atoms with van der Waals surface area (Å²) >= 11 is 0. The summed E-state index contributed by atoms with van der Waals surface area (Å²) in [5.74, 6) is -0.428. The highest BCUT2D eigenvalue weighted by Gasteiger charge is 2.28. The predicted octanol–water partition coefficient (Wildman–Crippen LogP) is 4.78. The quantitative estimate of drug-likeness (QED) is 0.399.